The molecule has 0 aliphatic rings. The molecule has 0 spiro atoms. The Bertz CT molecular complexity index is 1590. The average Bonchev–Trinajstić information content (AvgIpc) is 3.38. The van der Waals surface area contributed by atoms with Crippen molar-refractivity contribution in [1.29, 1.82) is 0 Å². The first-order valence-corrected chi connectivity index (χ1v) is 16.7. The van der Waals surface area contributed by atoms with Gasteiger partial charge in [-0.3, -0.25) is 14.5 Å². The smallest absolute Gasteiger partial charge is 0.307 e. The number of pyridine rings is 1. The molecule has 4 aromatic rings. The number of rotatable bonds is 18. The number of carbonyl (C=O) groups excluding carboxylic acids is 1. The number of anilines is 1. The summed E-state index contributed by atoms with van der Waals surface area (Å²) in [5.41, 5.74) is 11.9. The lowest BCUT2D eigenvalue weighted by atomic mass is 9.96. The van der Waals surface area contributed by atoms with E-state index in [9.17, 15) is 14.7 Å². The van der Waals surface area contributed by atoms with Crippen molar-refractivity contribution in [2.75, 3.05) is 31.9 Å². The van der Waals surface area contributed by atoms with Crippen LogP contribution in [0.4, 0.5) is 5.82 Å². The number of hydrogen-bond donors (Lipinski definition) is 2. The topological polar surface area (TPSA) is 118 Å². The van der Waals surface area contributed by atoms with E-state index in [0.717, 1.165) is 96.1 Å². The lowest BCUT2D eigenvalue weighted by molar-refractivity contribution is -0.136. The number of aromatic nitrogens is 3. The van der Waals surface area contributed by atoms with Crippen LogP contribution in [0.1, 0.15) is 82.3 Å². The van der Waals surface area contributed by atoms with Crippen molar-refractivity contribution in [3.8, 4) is 0 Å². The number of unbranched alkanes of at least 4 members (excludes halogenated alkanes) is 1. The number of nitrogen functional groups attached to an aromatic ring is 1. The number of aryl methyl sites for hydroxylation is 2. The first kappa shape index (κ1) is 33.9. The quantitative estimate of drug-likeness (QED) is 0.136. The Morgan fingerprint density at radius 3 is 2.31 bits per heavy atom. The molecule has 0 aliphatic heterocycles. The Labute approximate surface area is 267 Å². The molecule has 0 fully saturated rings. The van der Waals surface area contributed by atoms with Gasteiger partial charge in [-0.15, -0.1) is 0 Å². The highest BCUT2D eigenvalue weighted by Crippen LogP contribution is 2.30. The normalized spacial score (nSPS) is 11.6. The first-order chi connectivity index (χ1) is 21.8. The molecule has 0 unspecified atom stereocenters. The Hall–Kier alpha value is -3.98. The van der Waals surface area contributed by atoms with Gasteiger partial charge in [0.2, 0.25) is 5.91 Å². The number of fused-ring (bicyclic) bond motifs is 3. The Morgan fingerprint density at radius 1 is 0.889 bits per heavy atom. The number of aliphatic carboxylic acids is 1. The molecule has 3 N–H and O–H groups in total. The van der Waals surface area contributed by atoms with Gasteiger partial charge in [0.05, 0.1) is 24.0 Å². The molecule has 0 saturated heterocycles. The molecule has 0 aliphatic carbocycles. The molecule has 2 aromatic heterocycles. The van der Waals surface area contributed by atoms with Crippen molar-refractivity contribution in [2.24, 2.45) is 0 Å². The van der Waals surface area contributed by atoms with Crippen LogP contribution in [0, 0.1) is 0 Å². The molecule has 2 heterocycles. The van der Waals surface area contributed by atoms with Gasteiger partial charge in [-0.25, -0.2) is 9.97 Å². The molecule has 242 valence electrons. The Kier molecular flexibility index (Phi) is 12.3. The molecule has 0 atom stereocenters. The summed E-state index contributed by atoms with van der Waals surface area (Å²) in [6, 6.07) is 13.9. The highest BCUT2D eigenvalue weighted by atomic mass is 16.4. The Morgan fingerprint density at radius 2 is 1.62 bits per heavy atom. The Balaban J connectivity index is 1.66. The van der Waals surface area contributed by atoms with Crippen molar-refractivity contribution in [3.63, 3.8) is 0 Å². The fraction of sp³-hybridized carbons (Fsp3) is 0.500. The zero-order valence-electron chi connectivity index (χ0n) is 27.5. The van der Waals surface area contributed by atoms with E-state index in [-0.39, 0.29) is 12.3 Å². The summed E-state index contributed by atoms with van der Waals surface area (Å²) in [6.45, 7) is 12.4. The van der Waals surface area contributed by atoms with E-state index < -0.39 is 5.97 Å². The summed E-state index contributed by atoms with van der Waals surface area (Å²) >= 11 is 0. The highest BCUT2D eigenvalue weighted by molar-refractivity contribution is 6.06. The van der Waals surface area contributed by atoms with Gasteiger partial charge in [0.25, 0.3) is 0 Å². The second-order valence-electron chi connectivity index (χ2n) is 11.9. The van der Waals surface area contributed by atoms with E-state index in [0.29, 0.717) is 38.4 Å². The van der Waals surface area contributed by atoms with Gasteiger partial charge in [0, 0.05) is 31.4 Å². The highest BCUT2D eigenvalue weighted by Gasteiger charge is 2.21. The molecular weight excluding hydrogens is 564 g/mol. The van der Waals surface area contributed by atoms with Crippen molar-refractivity contribution in [3.05, 3.63) is 65.0 Å². The van der Waals surface area contributed by atoms with Gasteiger partial charge in [-0.1, -0.05) is 70.5 Å². The standard InChI is InChI=1S/C36H50N6O3/c1-5-9-18-31-39-34-35(29-16-10-11-17-30(29)38-36(34)37)42(31)22-13-21-41(32(43)25-40(19-6-2)20-7-3)24-27-15-12-14-26(23-33(44)45)28(27)8-4/h10-12,14-17H,5-9,13,18-25H2,1-4H3,(H2,37,38)(H,44,45). The monoisotopic (exact) mass is 614 g/mol. The summed E-state index contributed by atoms with van der Waals surface area (Å²) < 4.78 is 2.29. The lowest BCUT2D eigenvalue weighted by Crippen LogP contribution is -2.41. The maximum absolute atomic E-state index is 13.9. The summed E-state index contributed by atoms with van der Waals surface area (Å²) in [4.78, 5) is 39.3. The largest absolute Gasteiger partial charge is 0.481 e. The third-order valence-corrected chi connectivity index (χ3v) is 8.47. The molecule has 1 amide bonds. The molecule has 2 aromatic carbocycles. The predicted molar refractivity (Wildman–Crippen MR) is 182 cm³/mol. The van der Waals surface area contributed by atoms with Crippen molar-refractivity contribution < 1.29 is 14.7 Å². The average molecular weight is 615 g/mol. The van der Waals surface area contributed by atoms with E-state index in [1.807, 2.05) is 48.2 Å². The van der Waals surface area contributed by atoms with Gasteiger partial charge < -0.3 is 20.3 Å². The predicted octanol–water partition coefficient (Wildman–Crippen LogP) is 6.24. The second kappa shape index (κ2) is 16.4. The zero-order valence-corrected chi connectivity index (χ0v) is 27.5. The maximum atomic E-state index is 13.9. The number of carboxylic acids is 1. The third kappa shape index (κ3) is 8.39. The molecule has 9 heteroatoms. The molecule has 9 nitrogen and oxygen atoms in total. The molecule has 0 radical (unpaired) electrons. The number of nitrogens with two attached hydrogens (primary N) is 1. The van der Waals surface area contributed by atoms with Crippen LogP contribution in [0.5, 0.6) is 0 Å². The summed E-state index contributed by atoms with van der Waals surface area (Å²) in [5.74, 6) is 0.695. The van der Waals surface area contributed by atoms with Crippen LogP contribution in [-0.2, 0) is 41.9 Å². The van der Waals surface area contributed by atoms with E-state index in [1.54, 1.807) is 0 Å². The minimum atomic E-state index is -0.848. The minimum absolute atomic E-state index is 0.0219. The SMILES string of the molecule is CCCCc1nc2c(N)nc3ccccc3c2n1CCCN(Cc1cccc(CC(=O)O)c1CC)C(=O)CN(CCC)CCC. The van der Waals surface area contributed by atoms with Gasteiger partial charge in [-0.05, 0) is 68.0 Å². The second-order valence-corrected chi connectivity index (χ2v) is 11.9. The van der Waals surface area contributed by atoms with Crippen LogP contribution in [0.25, 0.3) is 21.9 Å². The number of carbonyl (C=O) groups is 2. The number of para-hydroxylation sites is 1. The van der Waals surface area contributed by atoms with E-state index in [1.165, 1.54) is 0 Å². The number of imidazole rings is 1. The van der Waals surface area contributed by atoms with E-state index >= 15 is 0 Å². The van der Waals surface area contributed by atoms with Crippen LogP contribution >= 0.6 is 0 Å². The third-order valence-electron chi connectivity index (χ3n) is 8.47. The molecule has 0 saturated carbocycles. The van der Waals surface area contributed by atoms with Crippen LogP contribution in [0.2, 0.25) is 0 Å². The molecular formula is C36H50N6O3. The number of carboxylic acid groups (broad SMARTS) is 1. The lowest BCUT2D eigenvalue weighted by Gasteiger charge is -2.28. The maximum Gasteiger partial charge on any atom is 0.307 e. The van der Waals surface area contributed by atoms with Crippen LogP contribution in [0.15, 0.2) is 42.5 Å². The summed E-state index contributed by atoms with van der Waals surface area (Å²) in [7, 11) is 0. The molecule has 0 bridgehead atoms. The molecule has 45 heavy (non-hydrogen) atoms. The number of benzene rings is 2. The number of amides is 1. The number of nitrogens with zero attached hydrogens (tertiary/aromatic N) is 5. The van der Waals surface area contributed by atoms with Gasteiger partial charge in [0.1, 0.15) is 11.3 Å². The van der Waals surface area contributed by atoms with Crippen molar-refractivity contribution >= 4 is 39.6 Å². The van der Waals surface area contributed by atoms with Crippen molar-refractivity contribution in [2.45, 2.75) is 92.2 Å². The van der Waals surface area contributed by atoms with Gasteiger partial charge >= 0.3 is 5.97 Å². The first-order valence-electron chi connectivity index (χ1n) is 16.7. The van der Waals surface area contributed by atoms with Crippen LogP contribution < -0.4 is 5.73 Å². The molecule has 4 rings (SSSR count). The van der Waals surface area contributed by atoms with Crippen LogP contribution in [-0.4, -0.2) is 67.5 Å². The summed E-state index contributed by atoms with van der Waals surface area (Å²) in [6.07, 6.45) is 6.35. The number of hydrogen-bond acceptors (Lipinski definition) is 6. The minimum Gasteiger partial charge on any atom is -0.481 e. The fourth-order valence-corrected chi connectivity index (χ4v) is 6.40. The van der Waals surface area contributed by atoms with Gasteiger partial charge in [0.15, 0.2) is 5.82 Å². The zero-order chi connectivity index (χ0) is 32.3. The fourth-order valence-electron chi connectivity index (χ4n) is 6.40. The van der Waals surface area contributed by atoms with E-state index in [4.69, 9.17) is 10.7 Å². The van der Waals surface area contributed by atoms with Crippen LogP contribution in [0.3, 0.4) is 0 Å². The van der Waals surface area contributed by atoms with E-state index in [2.05, 4.69) is 41.3 Å². The van der Waals surface area contributed by atoms with Crippen molar-refractivity contribution in [1.82, 2.24) is 24.3 Å². The summed E-state index contributed by atoms with van der Waals surface area (Å²) in [5, 5.41) is 10.5. The van der Waals surface area contributed by atoms with Gasteiger partial charge in [-0.2, -0.15) is 0 Å².